The van der Waals surface area contributed by atoms with E-state index in [1.54, 1.807) is 18.2 Å². The number of halogens is 2. The standard InChI is InChI=1S/C14H9Cl2N3O3/c15-11-4-1-10(13(16)7-11)8-17-18-14(20)9-2-5-12(6-3-9)19(21)22/h1-8H,(H,18,20)/b17-8+. The molecule has 2 aromatic carbocycles. The van der Waals surface area contributed by atoms with Gasteiger partial charge in [-0.3, -0.25) is 14.9 Å². The lowest BCUT2D eigenvalue weighted by Gasteiger charge is -2.00. The van der Waals surface area contributed by atoms with Crippen LogP contribution in [-0.4, -0.2) is 17.0 Å². The van der Waals surface area contributed by atoms with Crippen LogP contribution in [0.3, 0.4) is 0 Å². The summed E-state index contributed by atoms with van der Waals surface area (Å²) in [7, 11) is 0. The lowest BCUT2D eigenvalue weighted by atomic mass is 10.2. The van der Waals surface area contributed by atoms with Gasteiger partial charge in [0.2, 0.25) is 0 Å². The van der Waals surface area contributed by atoms with E-state index in [4.69, 9.17) is 23.2 Å². The first-order chi connectivity index (χ1) is 10.5. The van der Waals surface area contributed by atoms with E-state index < -0.39 is 10.8 Å². The summed E-state index contributed by atoms with van der Waals surface area (Å²) in [4.78, 5) is 21.8. The molecule has 0 aromatic heterocycles. The zero-order chi connectivity index (χ0) is 16.1. The highest BCUT2D eigenvalue weighted by Gasteiger charge is 2.08. The molecule has 8 heteroatoms. The summed E-state index contributed by atoms with van der Waals surface area (Å²) in [6, 6.07) is 10.0. The highest BCUT2D eigenvalue weighted by atomic mass is 35.5. The number of rotatable bonds is 4. The second-order valence-corrected chi connectivity index (χ2v) is 5.01. The van der Waals surface area contributed by atoms with Crippen LogP contribution in [0.25, 0.3) is 0 Å². The van der Waals surface area contributed by atoms with Crippen LogP contribution in [0.2, 0.25) is 10.0 Å². The minimum atomic E-state index is -0.539. The summed E-state index contributed by atoms with van der Waals surface area (Å²) in [6.45, 7) is 0. The molecule has 0 radical (unpaired) electrons. The SMILES string of the molecule is O=C(N/N=C/c1ccc(Cl)cc1Cl)c1ccc([N+](=O)[O-])cc1. The Labute approximate surface area is 135 Å². The first-order valence-electron chi connectivity index (χ1n) is 6.00. The van der Waals surface area contributed by atoms with Gasteiger partial charge < -0.3 is 0 Å². The number of hydrogen-bond donors (Lipinski definition) is 1. The molecule has 0 saturated heterocycles. The van der Waals surface area contributed by atoms with E-state index in [9.17, 15) is 14.9 Å². The Morgan fingerprint density at radius 1 is 1.18 bits per heavy atom. The first kappa shape index (κ1) is 15.9. The normalized spacial score (nSPS) is 10.6. The van der Waals surface area contributed by atoms with E-state index in [1.165, 1.54) is 30.5 Å². The van der Waals surface area contributed by atoms with Crippen LogP contribution in [0.4, 0.5) is 5.69 Å². The highest BCUT2D eigenvalue weighted by Crippen LogP contribution is 2.19. The molecule has 0 atom stereocenters. The van der Waals surface area contributed by atoms with Crippen molar-refractivity contribution in [1.82, 2.24) is 5.43 Å². The molecule has 0 bridgehead atoms. The maximum Gasteiger partial charge on any atom is 0.271 e. The van der Waals surface area contributed by atoms with Gasteiger partial charge in [0.05, 0.1) is 16.2 Å². The molecule has 0 spiro atoms. The van der Waals surface area contributed by atoms with E-state index >= 15 is 0 Å². The quantitative estimate of drug-likeness (QED) is 0.524. The molecule has 2 aromatic rings. The van der Waals surface area contributed by atoms with Crippen molar-refractivity contribution >= 4 is 41.0 Å². The number of non-ortho nitro benzene ring substituents is 1. The molecule has 6 nitrogen and oxygen atoms in total. The number of hydrazone groups is 1. The van der Waals surface area contributed by atoms with Gasteiger partial charge >= 0.3 is 0 Å². The van der Waals surface area contributed by atoms with Crippen LogP contribution in [0.5, 0.6) is 0 Å². The van der Waals surface area contributed by atoms with Gasteiger partial charge in [0, 0.05) is 28.3 Å². The molecule has 0 fully saturated rings. The fraction of sp³-hybridized carbons (Fsp3) is 0. The molecule has 1 amide bonds. The number of hydrogen-bond acceptors (Lipinski definition) is 4. The number of nitro groups is 1. The lowest BCUT2D eigenvalue weighted by molar-refractivity contribution is -0.384. The average molecular weight is 338 g/mol. The molecular weight excluding hydrogens is 329 g/mol. The van der Waals surface area contributed by atoms with E-state index in [0.717, 1.165) is 0 Å². The number of nitrogens with one attached hydrogen (secondary N) is 1. The van der Waals surface area contributed by atoms with E-state index in [-0.39, 0.29) is 11.3 Å². The molecule has 0 aliphatic rings. The van der Waals surface area contributed by atoms with Crippen molar-refractivity contribution in [3.8, 4) is 0 Å². The van der Waals surface area contributed by atoms with Crippen molar-refractivity contribution in [3.63, 3.8) is 0 Å². The molecule has 22 heavy (non-hydrogen) atoms. The smallest absolute Gasteiger partial charge is 0.267 e. The highest BCUT2D eigenvalue weighted by molar-refractivity contribution is 6.36. The van der Waals surface area contributed by atoms with Gasteiger partial charge in [-0.25, -0.2) is 5.43 Å². The lowest BCUT2D eigenvalue weighted by Crippen LogP contribution is -2.17. The van der Waals surface area contributed by atoms with E-state index in [1.807, 2.05) is 0 Å². The van der Waals surface area contributed by atoms with Gasteiger partial charge in [-0.05, 0) is 24.3 Å². The topological polar surface area (TPSA) is 84.6 Å². The van der Waals surface area contributed by atoms with E-state index in [0.29, 0.717) is 15.6 Å². The predicted octanol–water partition coefficient (Wildman–Crippen LogP) is 3.67. The second kappa shape index (κ2) is 7.02. The summed E-state index contributed by atoms with van der Waals surface area (Å²) in [5.74, 6) is -0.490. The number of carbonyl (C=O) groups is 1. The van der Waals surface area contributed by atoms with Crippen LogP contribution in [0.1, 0.15) is 15.9 Å². The molecule has 0 aliphatic carbocycles. The summed E-state index contributed by atoms with van der Waals surface area (Å²) in [5, 5.41) is 15.2. The van der Waals surface area contributed by atoms with Gasteiger partial charge in [0.15, 0.2) is 0 Å². The van der Waals surface area contributed by atoms with Crippen molar-refractivity contribution in [3.05, 3.63) is 73.8 Å². The van der Waals surface area contributed by atoms with Crippen molar-refractivity contribution in [2.75, 3.05) is 0 Å². The van der Waals surface area contributed by atoms with Gasteiger partial charge in [0.1, 0.15) is 0 Å². The average Bonchev–Trinajstić information content (AvgIpc) is 2.49. The Balaban J connectivity index is 2.02. The van der Waals surface area contributed by atoms with Gasteiger partial charge in [-0.15, -0.1) is 0 Å². The molecule has 0 aliphatic heterocycles. The summed E-state index contributed by atoms with van der Waals surface area (Å²) >= 11 is 11.7. The Kier molecular flexibility index (Phi) is 5.08. The summed E-state index contributed by atoms with van der Waals surface area (Å²) in [6.07, 6.45) is 1.38. The fourth-order valence-corrected chi connectivity index (χ4v) is 2.02. The van der Waals surface area contributed by atoms with Crippen LogP contribution in [0, 0.1) is 10.1 Å². The predicted molar refractivity (Wildman–Crippen MR) is 84.6 cm³/mol. The van der Waals surface area contributed by atoms with Crippen molar-refractivity contribution in [1.29, 1.82) is 0 Å². The van der Waals surface area contributed by atoms with E-state index in [2.05, 4.69) is 10.5 Å². The summed E-state index contributed by atoms with van der Waals surface area (Å²) < 4.78 is 0. The zero-order valence-corrected chi connectivity index (χ0v) is 12.5. The minimum Gasteiger partial charge on any atom is -0.267 e. The van der Waals surface area contributed by atoms with Crippen LogP contribution >= 0.6 is 23.2 Å². The zero-order valence-electron chi connectivity index (χ0n) is 11.0. The Morgan fingerprint density at radius 3 is 2.45 bits per heavy atom. The number of carbonyl (C=O) groups excluding carboxylic acids is 1. The number of benzene rings is 2. The monoisotopic (exact) mass is 337 g/mol. The largest absolute Gasteiger partial charge is 0.271 e. The number of nitro benzene ring substituents is 1. The second-order valence-electron chi connectivity index (χ2n) is 4.17. The number of amides is 1. The van der Waals surface area contributed by atoms with Crippen molar-refractivity contribution in [2.24, 2.45) is 5.10 Å². The van der Waals surface area contributed by atoms with Gasteiger partial charge in [0.25, 0.3) is 11.6 Å². The van der Waals surface area contributed by atoms with Gasteiger partial charge in [-0.2, -0.15) is 5.10 Å². The Hall–Kier alpha value is -2.44. The van der Waals surface area contributed by atoms with Crippen LogP contribution in [0.15, 0.2) is 47.6 Å². The maximum absolute atomic E-state index is 11.8. The maximum atomic E-state index is 11.8. The Morgan fingerprint density at radius 2 is 1.86 bits per heavy atom. The Bertz CT molecular complexity index is 745. The van der Waals surface area contributed by atoms with Gasteiger partial charge in [-0.1, -0.05) is 29.3 Å². The van der Waals surface area contributed by atoms with Crippen LogP contribution in [-0.2, 0) is 0 Å². The summed E-state index contributed by atoms with van der Waals surface area (Å²) in [5.41, 5.74) is 3.06. The third kappa shape index (κ3) is 4.03. The van der Waals surface area contributed by atoms with Crippen LogP contribution < -0.4 is 5.43 Å². The van der Waals surface area contributed by atoms with Crippen molar-refractivity contribution < 1.29 is 9.72 Å². The minimum absolute atomic E-state index is 0.0898. The third-order valence-corrected chi connectivity index (χ3v) is 3.23. The molecule has 112 valence electrons. The fourth-order valence-electron chi connectivity index (χ4n) is 1.57. The third-order valence-electron chi connectivity index (χ3n) is 2.67. The molecule has 1 N–H and O–H groups in total. The molecule has 0 heterocycles. The van der Waals surface area contributed by atoms with Crippen molar-refractivity contribution in [2.45, 2.75) is 0 Å². The first-order valence-corrected chi connectivity index (χ1v) is 6.76. The molecular formula is C14H9Cl2N3O3. The number of nitrogens with zero attached hydrogens (tertiary/aromatic N) is 2. The molecule has 2 rings (SSSR count). The molecule has 0 saturated carbocycles. The molecule has 0 unspecified atom stereocenters.